The van der Waals surface area contributed by atoms with Crippen LogP contribution in [0.2, 0.25) is 0 Å². The molecule has 1 aromatic heterocycles. The molecule has 0 radical (unpaired) electrons. The van der Waals surface area contributed by atoms with Crippen LogP contribution >= 0.6 is 0 Å². The monoisotopic (exact) mass is 507 g/mol. The lowest BCUT2D eigenvalue weighted by Crippen LogP contribution is -2.64. The molecule has 3 heterocycles. The highest BCUT2D eigenvalue weighted by molar-refractivity contribution is 5.69. The van der Waals surface area contributed by atoms with E-state index in [9.17, 15) is 22.4 Å². The summed E-state index contributed by atoms with van der Waals surface area (Å²) in [7, 11) is 0. The van der Waals surface area contributed by atoms with Crippen LogP contribution in [-0.4, -0.2) is 70.2 Å². The smallest absolute Gasteiger partial charge is 0.434 e. The quantitative estimate of drug-likeness (QED) is 0.574. The summed E-state index contributed by atoms with van der Waals surface area (Å²) in [6.07, 6.45) is -1.45. The van der Waals surface area contributed by atoms with Gasteiger partial charge >= 0.3 is 12.3 Å². The molecule has 5 rings (SSSR count). The highest BCUT2D eigenvalue weighted by Gasteiger charge is 2.54. The van der Waals surface area contributed by atoms with Crippen LogP contribution < -0.4 is 4.90 Å². The van der Waals surface area contributed by atoms with Crippen molar-refractivity contribution in [2.24, 2.45) is 5.41 Å². The number of carbonyl (C=O) groups is 1. The number of aromatic nitrogens is 2. The van der Waals surface area contributed by atoms with E-state index in [0.29, 0.717) is 18.9 Å². The summed E-state index contributed by atoms with van der Waals surface area (Å²) in [5.74, 6) is 0.118. The molecule has 11 heteroatoms. The fourth-order valence-corrected chi connectivity index (χ4v) is 5.64. The Bertz CT molecular complexity index is 1080. The van der Waals surface area contributed by atoms with Crippen molar-refractivity contribution in [3.63, 3.8) is 0 Å². The van der Waals surface area contributed by atoms with E-state index in [1.54, 1.807) is 17.0 Å². The molecule has 0 unspecified atom stereocenters. The Kier molecular flexibility index (Phi) is 6.30. The first-order valence-corrected chi connectivity index (χ1v) is 12.1. The van der Waals surface area contributed by atoms with Gasteiger partial charge in [0.05, 0.1) is 12.4 Å². The zero-order chi connectivity index (χ0) is 25.7. The van der Waals surface area contributed by atoms with E-state index in [1.165, 1.54) is 12.1 Å². The van der Waals surface area contributed by atoms with E-state index in [0.717, 1.165) is 50.4 Å². The Morgan fingerprint density at radius 2 is 1.75 bits per heavy atom. The number of halogens is 4. The number of anilines is 1. The average Bonchev–Trinajstić information content (AvgIpc) is 2.78. The molecule has 2 atom stereocenters. The molecule has 194 valence electrons. The summed E-state index contributed by atoms with van der Waals surface area (Å²) in [6.45, 7) is 7.26. The van der Waals surface area contributed by atoms with Gasteiger partial charge in [-0.1, -0.05) is 12.1 Å². The lowest BCUT2D eigenvalue weighted by atomic mass is 9.61. The molecule has 1 aliphatic carbocycles. The number of amides is 1. The van der Waals surface area contributed by atoms with E-state index in [1.807, 2.05) is 18.7 Å². The van der Waals surface area contributed by atoms with Crippen molar-refractivity contribution in [1.82, 2.24) is 19.8 Å². The number of carbonyl (C=O) groups excluding carboxylic acids is 1. The Hall–Kier alpha value is -2.95. The van der Waals surface area contributed by atoms with E-state index < -0.39 is 11.9 Å². The second-order valence-electron chi connectivity index (χ2n) is 10.4. The van der Waals surface area contributed by atoms with Crippen molar-refractivity contribution in [3.8, 4) is 0 Å². The maximum Gasteiger partial charge on any atom is 0.434 e. The number of alkyl halides is 3. The minimum absolute atomic E-state index is 0.105. The van der Waals surface area contributed by atoms with Crippen LogP contribution in [0.5, 0.6) is 0 Å². The van der Waals surface area contributed by atoms with Crippen LogP contribution in [0, 0.1) is 11.2 Å². The molecule has 3 fully saturated rings. The number of piperazine rings is 1. The Balaban J connectivity index is 1.08. The molecule has 0 bridgehead atoms. The van der Waals surface area contributed by atoms with Gasteiger partial charge in [-0.15, -0.1) is 0 Å². The largest absolute Gasteiger partial charge is 0.446 e. The number of benzene rings is 1. The maximum absolute atomic E-state index is 13.1. The Morgan fingerprint density at radius 3 is 2.36 bits per heavy atom. The van der Waals surface area contributed by atoms with Gasteiger partial charge in [-0.25, -0.2) is 19.2 Å². The predicted molar refractivity (Wildman–Crippen MR) is 124 cm³/mol. The molecular weight excluding hydrogens is 478 g/mol. The molecule has 2 aliphatic heterocycles. The van der Waals surface area contributed by atoms with E-state index in [2.05, 4.69) is 14.9 Å². The molecular formula is C25H29F4N5O2. The maximum atomic E-state index is 13.1. The topological polar surface area (TPSA) is 61.8 Å². The lowest BCUT2D eigenvalue weighted by molar-refractivity contribution is -0.141. The number of likely N-dealkylation sites (tertiary alicyclic amines) is 1. The third-order valence-corrected chi connectivity index (χ3v) is 7.47. The SMILES string of the molecule is C[C@@H]1CN(c2cnc(C(F)(F)F)cn2)[C@@H](C)CN1C(=O)OC1CC2(C1)CN(Cc1ccc(F)cc1)C2. The van der Waals surface area contributed by atoms with E-state index >= 15 is 0 Å². The summed E-state index contributed by atoms with van der Waals surface area (Å²) >= 11 is 0. The molecule has 0 N–H and O–H groups in total. The molecule has 3 aliphatic rings. The molecule has 1 amide bonds. The first-order chi connectivity index (χ1) is 17.0. The zero-order valence-corrected chi connectivity index (χ0v) is 20.2. The molecule has 1 spiro atoms. The van der Waals surface area contributed by atoms with Gasteiger partial charge in [0.1, 0.15) is 17.7 Å². The van der Waals surface area contributed by atoms with Crippen molar-refractivity contribution in [2.45, 2.75) is 57.6 Å². The molecule has 1 saturated carbocycles. The minimum Gasteiger partial charge on any atom is -0.446 e. The second-order valence-corrected chi connectivity index (χ2v) is 10.4. The van der Waals surface area contributed by atoms with Crippen molar-refractivity contribution < 1.29 is 27.1 Å². The van der Waals surface area contributed by atoms with Crippen molar-refractivity contribution >= 4 is 11.9 Å². The Morgan fingerprint density at radius 1 is 1.06 bits per heavy atom. The lowest BCUT2D eigenvalue weighted by Gasteiger charge is -2.58. The summed E-state index contributed by atoms with van der Waals surface area (Å²) in [4.78, 5) is 26.2. The van der Waals surface area contributed by atoms with Crippen LogP contribution in [0.1, 0.15) is 37.9 Å². The van der Waals surface area contributed by atoms with Gasteiger partial charge in [-0.3, -0.25) is 4.90 Å². The fraction of sp³-hybridized carbons (Fsp3) is 0.560. The van der Waals surface area contributed by atoms with Gasteiger partial charge in [0, 0.05) is 50.2 Å². The van der Waals surface area contributed by atoms with Gasteiger partial charge in [0.2, 0.25) is 0 Å². The van der Waals surface area contributed by atoms with Crippen LogP contribution in [0.15, 0.2) is 36.7 Å². The number of ether oxygens (including phenoxy) is 1. The van der Waals surface area contributed by atoms with Crippen molar-refractivity contribution in [1.29, 1.82) is 0 Å². The fourth-order valence-electron chi connectivity index (χ4n) is 5.64. The number of rotatable bonds is 4. The van der Waals surface area contributed by atoms with Crippen LogP contribution in [0.3, 0.4) is 0 Å². The van der Waals surface area contributed by atoms with Gasteiger partial charge in [0.15, 0.2) is 5.69 Å². The second kappa shape index (κ2) is 9.17. The van der Waals surface area contributed by atoms with E-state index in [-0.39, 0.29) is 35.5 Å². The van der Waals surface area contributed by atoms with Crippen LogP contribution in [0.4, 0.5) is 28.2 Å². The molecule has 7 nitrogen and oxygen atoms in total. The van der Waals surface area contributed by atoms with Gasteiger partial charge in [0.25, 0.3) is 0 Å². The van der Waals surface area contributed by atoms with Crippen molar-refractivity contribution in [3.05, 3.63) is 53.7 Å². The first-order valence-electron chi connectivity index (χ1n) is 12.1. The first kappa shape index (κ1) is 24.7. The minimum atomic E-state index is -4.53. The zero-order valence-electron chi connectivity index (χ0n) is 20.2. The number of nitrogens with zero attached hydrogens (tertiary/aromatic N) is 5. The average molecular weight is 508 g/mol. The highest BCUT2D eigenvalue weighted by atomic mass is 19.4. The molecule has 1 aromatic carbocycles. The van der Waals surface area contributed by atoms with E-state index in [4.69, 9.17) is 4.74 Å². The van der Waals surface area contributed by atoms with Crippen molar-refractivity contribution in [2.75, 3.05) is 31.1 Å². The van der Waals surface area contributed by atoms with Gasteiger partial charge < -0.3 is 14.5 Å². The molecule has 2 aromatic rings. The van der Waals surface area contributed by atoms with Crippen LogP contribution in [0.25, 0.3) is 0 Å². The predicted octanol–water partition coefficient (Wildman–Crippen LogP) is 4.33. The highest BCUT2D eigenvalue weighted by Crippen LogP contribution is 2.50. The van der Waals surface area contributed by atoms with Gasteiger partial charge in [-0.2, -0.15) is 13.2 Å². The molecule has 36 heavy (non-hydrogen) atoms. The summed E-state index contributed by atoms with van der Waals surface area (Å²) in [6, 6.07) is 6.21. The number of hydrogen-bond acceptors (Lipinski definition) is 6. The summed E-state index contributed by atoms with van der Waals surface area (Å²) in [5, 5.41) is 0. The standard InChI is InChI=1S/C25H29F4N5O2/c1-16-12-34(17(2)11-33(16)22-10-30-21(9-31-22)25(27,28)29)23(35)36-20-7-24(8-20)14-32(15-24)13-18-3-5-19(26)6-4-18/h3-6,9-10,16-17,20H,7-8,11-15H2,1-2H3/t16-,17+/m0/s1. The third kappa shape index (κ3) is 4.98. The van der Waals surface area contributed by atoms with Crippen LogP contribution in [-0.2, 0) is 17.5 Å². The Labute approximate surface area is 207 Å². The number of hydrogen-bond donors (Lipinski definition) is 0. The van der Waals surface area contributed by atoms with Gasteiger partial charge in [-0.05, 0) is 44.4 Å². The normalized spacial score (nSPS) is 24.4. The third-order valence-electron chi connectivity index (χ3n) is 7.47. The summed E-state index contributed by atoms with van der Waals surface area (Å²) < 4.78 is 57.2. The molecule has 2 saturated heterocycles. The summed E-state index contributed by atoms with van der Waals surface area (Å²) in [5.41, 5.74) is 0.250.